The Morgan fingerprint density at radius 1 is 1.42 bits per heavy atom. The molecule has 1 aliphatic heterocycles. The summed E-state index contributed by atoms with van der Waals surface area (Å²) in [6.45, 7) is 1.90. The van der Waals surface area contributed by atoms with E-state index in [1.54, 1.807) is 12.1 Å². The number of nitrogens with zero attached hydrogens (tertiary/aromatic N) is 1. The highest BCUT2D eigenvalue weighted by Crippen LogP contribution is 2.27. The number of benzene rings is 1. The lowest BCUT2D eigenvalue weighted by Gasteiger charge is -2.08. The van der Waals surface area contributed by atoms with Crippen molar-refractivity contribution in [2.24, 2.45) is 4.99 Å². The maximum absolute atomic E-state index is 12.2. The maximum atomic E-state index is 12.2. The van der Waals surface area contributed by atoms with Crippen LogP contribution in [0.2, 0.25) is 5.02 Å². The molecule has 1 unspecified atom stereocenters. The number of nitrogens with one attached hydrogen (secondary N) is 2. The Bertz CT molecular complexity index is 686. The van der Waals surface area contributed by atoms with E-state index in [9.17, 15) is 9.59 Å². The van der Waals surface area contributed by atoms with Crippen molar-refractivity contribution in [3.05, 3.63) is 28.8 Å². The van der Waals surface area contributed by atoms with Gasteiger partial charge in [-0.25, -0.2) is 0 Å². The topological polar surface area (TPSA) is 70.6 Å². The molecule has 2 aliphatic rings. The third-order valence-corrected chi connectivity index (χ3v) is 5.73. The lowest BCUT2D eigenvalue weighted by molar-refractivity contribution is -0.122. The molecule has 0 aromatic heterocycles. The van der Waals surface area contributed by atoms with Crippen LogP contribution >= 0.6 is 23.4 Å². The monoisotopic (exact) mass is 365 g/mol. The minimum atomic E-state index is -0.425. The van der Waals surface area contributed by atoms with Gasteiger partial charge in [0.15, 0.2) is 5.17 Å². The SMILES string of the molecule is Cc1ccc(NC(=O)CC2SC(=NC3CCCC3)NC2=O)cc1Cl. The summed E-state index contributed by atoms with van der Waals surface area (Å²) >= 11 is 7.41. The number of carbonyl (C=O) groups is 2. The third kappa shape index (κ3) is 4.30. The summed E-state index contributed by atoms with van der Waals surface area (Å²) < 4.78 is 0. The second-order valence-corrected chi connectivity index (χ2v) is 7.78. The van der Waals surface area contributed by atoms with Crippen LogP contribution in [-0.2, 0) is 9.59 Å². The summed E-state index contributed by atoms with van der Waals surface area (Å²) in [5.74, 6) is -0.349. The van der Waals surface area contributed by atoms with Gasteiger partial charge in [-0.1, -0.05) is 42.3 Å². The smallest absolute Gasteiger partial charge is 0.240 e. The molecule has 2 fully saturated rings. The van der Waals surface area contributed by atoms with E-state index < -0.39 is 5.25 Å². The first kappa shape index (κ1) is 17.3. The number of hydrogen-bond donors (Lipinski definition) is 2. The molecule has 0 spiro atoms. The number of rotatable bonds is 4. The fourth-order valence-corrected chi connectivity index (χ4v) is 4.07. The third-order valence-electron chi connectivity index (χ3n) is 4.23. The van der Waals surface area contributed by atoms with Gasteiger partial charge in [-0.15, -0.1) is 0 Å². The quantitative estimate of drug-likeness (QED) is 0.857. The van der Waals surface area contributed by atoms with Crippen LogP contribution in [-0.4, -0.2) is 28.3 Å². The second-order valence-electron chi connectivity index (χ2n) is 6.18. The molecule has 0 bridgehead atoms. The summed E-state index contributed by atoms with van der Waals surface area (Å²) in [5.41, 5.74) is 1.59. The number of amides is 2. The van der Waals surface area contributed by atoms with E-state index in [1.807, 2.05) is 13.0 Å². The standard InChI is InChI=1S/C17H20ClN3O2S/c1-10-6-7-12(8-13(10)18)19-15(22)9-14-16(23)21-17(24-14)20-11-4-2-3-5-11/h6-8,11,14H,2-5,9H2,1H3,(H,19,22)(H,20,21,23). The predicted octanol–water partition coefficient (Wildman–Crippen LogP) is 3.51. The van der Waals surface area contributed by atoms with Crippen LogP contribution in [0.5, 0.6) is 0 Å². The number of thioether (sulfide) groups is 1. The molecule has 2 N–H and O–H groups in total. The summed E-state index contributed by atoms with van der Waals surface area (Å²) in [6.07, 6.45) is 4.68. The van der Waals surface area contributed by atoms with Gasteiger partial charge in [0.25, 0.3) is 0 Å². The van der Waals surface area contributed by atoms with Crippen molar-refractivity contribution in [1.29, 1.82) is 0 Å². The normalized spacial score (nSPS) is 22.8. The van der Waals surface area contributed by atoms with Gasteiger partial charge in [-0.3, -0.25) is 14.6 Å². The van der Waals surface area contributed by atoms with Crippen LogP contribution in [0.15, 0.2) is 23.2 Å². The summed E-state index contributed by atoms with van der Waals surface area (Å²) in [5, 5.41) is 6.41. The predicted molar refractivity (Wildman–Crippen MR) is 98.6 cm³/mol. The van der Waals surface area contributed by atoms with Crippen molar-refractivity contribution in [3.63, 3.8) is 0 Å². The molecule has 1 aliphatic carbocycles. The van der Waals surface area contributed by atoms with E-state index in [4.69, 9.17) is 11.6 Å². The number of halogens is 1. The maximum Gasteiger partial charge on any atom is 0.240 e. The van der Waals surface area contributed by atoms with Gasteiger partial charge in [0.1, 0.15) is 5.25 Å². The minimum Gasteiger partial charge on any atom is -0.326 e. The summed E-state index contributed by atoms with van der Waals surface area (Å²) in [7, 11) is 0. The molecule has 5 nitrogen and oxygen atoms in total. The lowest BCUT2D eigenvalue weighted by Crippen LogP contribution is -2.28. The molecule has 128 valence electrons. The van der Waals surface area contributed by atoms with Crippen molar-refractivity contribution in [3.8, 4) is 0 Å². The summed E-state index contributed by atoms with van der Waals surface area (Å²) in [4.78, 5) is 28.8. The highest BCUT2D eigenvalue weighted by molar-refractivity contribution is 8.15. The largest absolute Gasteiger partial charge is 0.326 e. The van der Waals surface area contributed by atoms with E-state index in [0.29, 0.717) is 21.9 Å². The Kier molecular flexibility index (Phi) is 5.46. The average molecular weight is 366 g/mol. The number of hydrogen-bond acceptors (Lipinski definition) is 4. The zero-order valence-electron chi connectivity index (χ0n) is 13.5. The van der Waals surface area contributed by atoms with Crippen molar-refractivity contribution < 1.29 is 9.59 Å². The number of carbonyl (C=O) groups excluding carboxylic acids is 2. The molecule has 1 aromatic carbocycles. The van der Waals surface area contributed by atoms with E-state index in [1.165, 1.54) is 24.6 Å². The first-order valence-electron chi connectivity index (χ1n) is 8.12. The zero-order valence-corrected chi connectivity index (χ0v) is 15.0. The molecular weight excluding hydrogens is 346 g/mol. The van der Waals surface area contributed by atoms with Gasteiger partial charge in [-0.05, 0) is 37.5 Å². The lowest BCUT2D eigenvalue weighted by atomic mass is 10.2. The van der Waals surface area contributed by atoms with Crippen molar-refractivity contribution >= 4 is 46.0 Å². The van der Waals surface area contributed by atoms with Gasteiger partial charge in [-0.2, -0.15) is 0 Å². The van der Waals surface area contributed by atoms with Crippen LogP contribution in [0.3, 0.4) is 0 Å². The van der Waals surface area contributed by atoms with Gasteiger partial charge >= 0.3 is 0 Å². The molecule has 1 aromatic rings. The van der Waals surface area contributed by atoms with Crippen molar-refractivity contribution in [2.75, 3.05) is 5.32 Å². The molecule has 24 heavy (non-hydrogen) atoms. The molecule has 1 saturated carbocycles. The Morgan fingerprint density at radius 2 is 2.17 bits per heavy atom. The van der Waals surface area contributed by atoms with Crippen LogP contribution < -0.4 is 10.6 Å². The first-order valence-corrected chi connectivity index (χ1v) is 9.38. The van der Waals surface area contributed by atoms with E-state index in [0.717, 1.165) is 18.4 Å². The Morgan fingerprint density at radius 3 is 2.88 bits per heavy atom. The highest BCUT2D eigenvalue weighted by atomic mass is 35.5. The van der Waals surface area contributed by atoms with E-state index >= 15 is 0 Å². The molecular formula is C17H20ClN3O2S. The molecule has 1 saturated heterocycles. The fraction of sp³-hybridized carbons (Fsp3) is 0.471. The molecule has 7 heteroatoms. The minimum absolute atomic E-state index is 0.117. The van der Waals surface area contributed by atoms with Crippen LogP contribution in [0.25, 0.3) is 0 Å². The zero-order chi connectivity index (χ0) is 17.1. The molecule has 0 radical (unpaired) electrons. The number of aryl methyl sites for hydroxylation is 1. The Labute approximate surface area is 150 Å². The van der Waals surface area contributed by atoms with Crippen LogP contribution in [0, 0.1) is 6.92 Å². The first-order chi connectivity index (χ1) is 11.5. The van der Waals surface area contributed by atoms with Gasteiger partial charge in [0.2, 0.25) is 11.8 Å². The Balaban J connectivity index is 1.56. The van der Waals surface area contributed by atoms with E-state index in [-0.39, 0.29) is 18.2 Å². The van der Waals surface area contributed by atoms with E-state index in [2.05, 4.69) is 15.6 Å². The molecule has 2 amide bonds. The highest BCUT2D eigenvalue weighted by Gasteiger charge is 2.32. The Hall–Kier alpha value is -1.53. The number of aliphatic imine (C=N–C) groups is 1. The molecule has 1 atom stereocenters. The van der Waals surface area contributed by atoms with Crippen molar-refractivity contribution in [2.45, 2.75) is 50.3 Å². The van der Waals surface area contributed by atoms with Gasteiger partial charge in [0.05, 0.1) is 6.04 Å². The van der Waals surface area contributed by atoms with Gasteiger partial charge < -0.3 is 10.6 Å². The number of amidine groups is 1. The second kappa shape index (κ2) is 7.57. The average Bonchev–Trinajstić information content (AvgIpc) is 3.14. The van der Waals surface area contributed by atoms with Crippen LogP contribution in [0.4, 0.5) is 5.69 Å². The van der Waals surface area contributed by atoms with Crippen molar-refractivity contribution in [1.82, 2.24) is 5.32 Å². The van der Waals surface area contributed by atoms with Gasteiger partial charge in [0, 0.05) is 17.1 Å². The fourth-order valence-electron chi connectivity index (χ4n) is 2.85. The molecule has 3 rings (SSSR count). The summed E-state index contributed by atoms with van der Waals surface area (Å²) in [6, 6.07) is 5.67. The van der Waals surface area contributed by atoms with Crippen LogP contribution in [0.1, 0.15) is 37.7 Å². The number of anilines is 1. The molecule has 1 heterocycles.